The Morgan fingerprint density at radius 1 is 0.862 bits per heavy atom. The van der Waals surface area contributed by atoms with E-state index in [1.165, 1.54) is 0 Å². The largest absolute Gasteiger partial charge is 0.483 e. The van der Waals surface area contributed by atoms with E-state index in [-0.39, 0.29) is 12.5 Å². The first-order chi connectivity index (χ1) is 14.2. The van der Waals surface area contributed by atoms with Crippen LogP contribution in [0, 0.1) is 0 Å². The molecule has 0 spiro atoms. The summed E-state index contributed by atoms with van der Waals surface area (Å²) >= 11 is 3.38. The maximum absolute atomic E-state index is 12.1. The van der Waals surface area contributed by atoms with Crippen molar-refractivity contribution in [1.82, 2.24) is 10.2 Å². The molecular formula is C22H16BrN3O3. The van der Waals surface area contributed by atoms with Crippen molar-refractivity contribution < 1.29 is 13.9 Å². The number of hydrogen-bond acceptors (Lipinski definition) is 5. The first-order valence-corrected chi connectivity index (χ1v) is 9.65. The predicted octanol–water partition coefficient (Wildman–Crippen LogP) is 5.18. The van der Waals surface area contributed by atoms with Crippen molar-refractivity contribution in [3.8, 4) is 28.7 Å². The normalized spacial score (nSPS) is 10.5. The SMILES string of the molecule is O=C(COc1ccccc1Br)Nc1ccc(-c2nnc(-c3ccccc3)o2)cc1. The summed E-state index contributed by atoms with van der Waals surface area (Å²) in [6, 6.07) is 24.1. The van der Waals surface area contributed by atoms with Crippen LogP contribution in [0.2, 0.25) is 0 Å². The lowest BCUT2D eigenvalue weighted by molar-refractivity contribution is -0.118. The number of ether oxygens (including phenoxy) is 1. The number of carbonyl (C=O) groups is 1. The number of aromatic nitrogens is 2. The molecule has 6 nitrogen and oxygen atoms in total. The topological polar surface area (TPSA) is 77.2 Å². The number of carbonyl (C=O) groups excluding carboxylic acids is 1. The first-order valence-electron chi connectivity index (χ1n) is 8.85. The van der Waals surface area contributed by atoms with Crippen molar-refractivity contribution in [2.24, 2.45) is 0 Å². The molecule has 0 saturated carbocycles. The van der Waals surface area contributed by atoms with E-state index in [2.05, 4.69) is 31.4 Å². The van der Waals surface area contributed by atoms with Crippen molar-refractivity contribution >= 4 is 27.5 Å². The van der Waals surface area contributed by atoms with Gasteiger partial charge in [0.15, 0.2) is 6.61 Å². The third-order valence-electron chi connectivity index (χ3n) is 4.06. The maximum atomic E-state index is 12.1. The van der Waals surface area contributed by atoms with Crippen LogP contribution in [-0.2, 0) is 4.79 Å². The molecule has 0 aliphatic rings. The summed E-state index contributed by atoms with van der Waals surface area (Å²) in [5.41, 5.74) is 2.28. The van der Waals surface area contributed by atoms with Gasteiger partial charge in [0.05, 0.1) is 4.47 Å². The molecule has 1 amide bonds. The number of halogens is 1. The molecule has 0 aliphatic heterocycles. The standard InChI is InChI=1S/C22H16BrN3O3/c23-18-8-4-5-9-19(18)28-14-20(27)24-17-12-10-16(11-13-17)22-26-25-21(29-22)15-6-2-1-3-7-15/h1-13H,14H2,(H,24,27). The highest BCUT2D eigenvalue weighted by atomic mass is 79.9. The molecule has 0 fully saturated rings. The fourth-order valence-electron chi connectivity index (χ4n) is 2.64. The van der Waals surface area contributed by atoms with Crippen LogP contribution in [0.25, 0.3) is 22.9 Å². The summed E-state index contributed by atoms with van der Waals surface area (Å²) in [6.07, 6.45) is 0. The van der Waals surface area contributed by atoms with Gasteiger partial charge in [-0.25, -0.2) is 0 Å². The highest BCUT2D eigenvalue weighted by molar-refractivity contribution is 9.10. The second kappa shape index (κ2) is 8.70. The lowest BCUT2D eigenvalue weighted by Crippen LogP contribution is -2.20. The van der Waals surface area contributed by atoms with Crippen molar-refractivity contribution in [1.29, 1.82) is 0 Å². The Labute approximate surface area is 175 Å². The fourth-order valence-corrected chi connectivity index (χ4v) is 3.03. The van der Waals surface area contributed by atoms with Crippen LogP contribution >= 0.6 is 15.9 Å². The van der Waals surface area contributed by atoms with Gasteiger partial charge in [-0.15, -0.1) is 10.2 Å². The van der Waals surface area contributed by atoms with E-state index in [9.17, 15) is 4.79 Å². The van der Waals surface area contributed by atoms with E-state index in [1.807, 2.05) is 60.7 Å². The Morgan fingerprint density at radius 2 is 1.48 bits per heavy atom. The zero-order valence-corrected chi connectivity index (χ0v) is 16.8. The molecule has 0 unspecified atom stereocenters. The Hall–Kier alpha value is -3.45. The predicted molar refractivity (Wildman–Crippen MR) is 113 cm³/mol. The molecule has 4 rings (SSSR count). The molecule has 0 radical (unpaired) electrons. The van der Waals surface area contributed by atoms with Crippen LogP contribution < -0.4 is 10.1 Å². The molecule has 1 heterocycles. The lowest BCUT2D eigenvalue weighted by Gasteiger charge is -2.09. The van der Waals surface area contributed by atoms with Gasteiger partial charge in [0.25, 0.3) is 5.91 Å². The minimum atomic E-state index is -0.252. The second-order valence-electron chi connectivity index (χ2n) is 6.12. The van der Waals surface area contributed by atoms with Crippen molar-refractivity contribution in [2.75, 3.05) is 11.9 Å². The Balaban J connectivity index is 1.37. The number of rotatable bonds is 6. The number of benzene rings is 3. The first kappa shape index (κ1) is 18.9. The third kappa shape index (κ3) is 4.70. The molecule has 0 aliphatic carbocycles. The van der Waals surface area contributed by atoms with Crippen molar-refractivity contribution in [2.45, 2.75) is 0 Å². The van der Waals surface area contributed by atoms with Crippen molar-refractivity contribution in [3.05, 3.63) is 83.3 Å². The number of anilines is 1. The van der Waals surface area contributed by atoms with Gasteiger partial charge in [-0.2, -0.15) is 0 Å². The monoisotopic (exact) mass is 449 g/mol. The minimum Gasteiger partial charge on any atom is -0.483 e. The summed E-state index contributed by atoms with van der Waals surface area (Å²) < 4.78 is 12.1. The van der Waals surface area contributed by atoms with Crippen LogP contribution in [-0.4, -0.2) is 22.7 Å². The van der Waals surface area contributed by atoms with Crippen LogP contribution in [0.1, 0.15) is 0 Å². The zero-order chi connectivity index (χ0) is 20.1. The minimum absolute atomic E-state index is 0.0888. The lowest BCUT2D eigenvalue weighted by atomic mass is 10.2. The van der Waals surface area contributed by atoms with Gasteiger partial charge in [0.2, 0.25) is 11.8 Å². The van der Waals surface area contributed by atoms with Gasteiger partial charge in [0.1, 0.15) is 5.75 Å². The number of amides is 1. The van der Waals surface area contributed by atoms with Crippen LogP contribution in [0.15, 0.2) is 87.8 Å². The van der Waals surface area contributed by atoms with E-state index in [0.717, 1.165) is 15.6 Å². The number of para-hydroxylation sites is 1. The second-order valence-corrected chi connectivity index (χ2v) is 6.98. The van der Waals surface area contributed by atoms with Gasteiger partial charge < -0.3 is 14.5 Å². The fraction of sp³-hybridized carbons (Fsp3) is 0.0455. The molecule has 0 bridgehead atoms. The molecule has 3 aromatic carbocycles. The third-order valence-corrected chi connectivity index (χ3v) is 4.71. The average Bonchev–Trinajstić information content (AvgIpc) is 3.25. The number of nitrogens with zero attached hydrogens (tertiary/aromatic N) is 2. The van der Waals surface area contributed by atoms with Crippen LogP contribution in [0.4, 0.5) is 5.69 Å². The number of nitrogens with one attached hydrogen (secondary N) is 1. The highest BCUT2D eigenvalue weighted by Crippen LogP contribution is 2.25. The highest BCUT2D eigenvalue weighted by Gasteiger charge is 2.11. The van der Waals surface area contributed by atoms with Crippen LogP contribution in [0.3, 0.4) is 0 Å². The quantitative estimate of drug-likeness (QED) is 0.438. The van der Waals surface area contributed by atoms with Gasteiger partial charge in [0, 0.05) is 16.8 Å². The molecular weight excluding hydrogens is 434 g/mol. The van der Waals surface area contributed by atoms with E-state index in [4.69, 9.17) is 9.15 Å². The van der Waals surface area contributed by atoms with Gasteiger partial charge in [-0.1, -0.05) is 30.3 Å². The number of hydrogen-bond donors (Lipinski definition) is 1. The Morgan fingerprint density at radius 3 is 2.17 bits per heavy atom. The summed E-state index contributed by atoms with van der Waals surface area (Å²) in [5.74, 6) is 1.24. The van der Waals surface area contributed by atoms with E-state index in [0.29, 0.717) is 23.2 Å². The maximum Gasteiger partial charge on any atom is 0.262 e. The van der Waals surface area contributed by atoms with Crippen LogP contribution in [0.5, 0.6) is 5.75 Å². The molecule has 144 valence electrons. The van der Waals surface area contributed by atoms with Gasteiger partial charge in [-0.05, 0) is 64.5 Å². The van der Waals surface area contributed by atoms with Gasteiger partial charge >= 0.3 is 0 Å². The summed E-state index contributed by atoms with van der Waals surface area (Å²) in [5, 5.41) is 11.0. The van der Waals surface area contributed by atoms with Gasteiger partial charge in [-0.3, -0.25) is 4.79 Å². The molecule has 1 aromatic heterocycles. The molecule has 4 aromatic rings. The Kier molecular flexibility index (Phi) is 5.67. The Bertz CT molecular complexity index is 1110. The van der Waals surface area contributed by atoms with E-state index in [1.54, 1.807) is 18.2 Å². The molecule has 1 N–H and O–H groups in total. The van der Waals surface area contributed by atoms with E-state index < -0.39 is 0 Å². The molecule has 29 heavy (non-hydrogen) atoms. The van der Waals surface area contributed by atoms with E-state index >= 15 is 0 Å². The summed E-state index contributed by atoms with van der Waals surface area (Å²) in [7, 11) is 0. The zero-order valence-electron chi connectivity index (χ0n) is 15.2. The summed E-state index contributed by atoms with van der Waals surface area (Å²) in [6.45, 7) is -0.0888. The molecule has 7 heteroatoms. The van der Waals surface area contributed by atoms with Crippen molar-refractivity contribution in [3.63, 3.8) is 0 Å². The smallest absolute Gasteiger partial charge is 0.262 e. The summed E-state index contributed by atoms with van der Waals surface area (Å²) in [4.78, 5) is 12.1. The molecule has 0 atom stereocenters. The average molecular weight is 450 g/mol. The molecule has 0 saturated heterocycles.